The zero-order chi connectivity index (χ0) is 23.8. The number of carbonyl (C=O) groups excluding carboxylic acids is 3. The van der Waals surface area contributed by atoms with Crippen LogP contribution in [0.25, 0.3) is 0 Å². The third kappa shape index (κ3) is 3.58. The van der Waals surface area contributed by atoms with Crippen molar-refractivity contribution < 1.29 is 29.0 Å². The van der Waals surface area contributed by atoms with Gasteiger partial charge in [0.05, 0.1) is 24.5 Å². The van der Waals surface area contributed by atoms with Crippen LogP contribution in [0.5, 0.6) is 5.75 Å². The molecule has 3 fully saturated rings. The maximum absolute atomic E-state index is 13.7. The fourth-order valence-corrected chi connectivity index (χ4v) is 6.09. The molecule has 3 amide bonds. The van der Waals surface area contributed by atoms with E-state index >= 15 is 0 Å². The van der Waals surface area contributed by atoms with Crippen molar-refractivity contribution in [2.45, 2.75) is 56.3 Å². The molecule has 4 rings (SSSR count). The average Bonchev–Trinajstić information content (AvgIpc) is 3.43. The predicted molar refractivity (Wildman–Crippen MR) is 121 cm³/mol. The van der Waals surface area contributed by atoms with Gasteiger partial charge in [-0.3, -0.25) is 14.4 Å². The highest BCUT2D eigenvalue weighted by atomic mass is 16.5. The van der Waals surface area contributed by atoms with E-state index in [-0.39, 0.29) is 24.3 Å². The molecule has 2 unspecified atom stereocenters. The van der Waals surface area contributed by atoms with Gasteiger partial charge in [-0.1, -0.05) is 6.92 Å². The van der Waals surface area contributed by atoms with Crippen LogP contribution in [-0.4, -0.2) is 72.3 Å². The summed E-state index contributed by atoms with van der Waals surface area (Å²) in [5, 5.41) is 14.9. The third-order valence-corrected chi connectivity index (χ3v) is 7.62. The molecule has 1 aromatic rings. The molecular weight excluding hydrogens is 426 g/mol. The second-order valence-electron chi connectivity index (χ2n) is 9.13. The number of methoxy groups -OCH3 is 1. The zero-order valence-electron chi connectivity index (χ0n) is 19.4. The van der Waals surface area contributed by atoms with Crippen LogP contribution < -0.4 is 15.4 Å². The number of hydrogen-bond donors (Lipinski definition) is 3. The van der Waals surface area contributed by atoms with E-state index in [2.05, 4.69) is 10.6 Å². The number of likely N-dealkylation sites (tertiary alicyclic amines) is 1. The van der Waals surface area contributed by atoms with Crippen molar-refractivity contribution >= 4 is 23.4 Å². The van der Waals surface area contributed by atoms with Crippen molar-refractivity contribution in [3.63, 3.8) is 0 Å². The number of anilines is 1. The first-order chi connectivity index (χ1) is 15.9. The first-order valence-corrected chi connectivity index (χ1v) is 11.7. The van der Waals surface area contributed by atoms with Gasteiger partial charge >= 0.3 is 0 Å². The SMILES string of the molecule is CC[C@@]12CCC3(O1)C(C(=O)Nc1ccc(OC)cc1)N(CCCCO)C(=O)[C@@H]3[C@@H]2C(=O)NC. The number of aliphatic hydroxyl groups excluding tert-OH is 1. The number of unbranched alkanes of at least 4 members (excludes halogenated alkanes) is 1. The fraction of sp³-hybridized carbons (Fsp3) is 0.625. The van der Waals surface area contributed by atoms with Crippen LogP contribution in [0.3, 0.4) is 0 Å². The lowest BCUT2D eigenvalue weighted by Crippen LogP contribution is -2.53. The molecule has 33 heavy (non-hydrogen) atoms. The van der Waals surface area contributed by atoms with Crippen molar-refractivity contribution in [3.8, 4) is 5.75 Å². The van der Waals surface area contributed by atoms with Gasteiger partial charge in [0.2, 0.25) is 17.7 Å². The Morgan fingerprint density at radius 3 is 2.55 bits per heavy atom. The van der Waals surface area contributed by atoms with E-state index in [1.54, 1.807) is 43.3 Å². The minimum atomic E-state index is -1.04. The van der Waals surface area contributed by atoms with Crippen molar-refractivity contribution in [2.24, 2.45) is 11.8 Å². The number of amides is 3. The molecule has 2 bridgehead atoms. The highest BCUT2D eigenvalue weighted by molar-refractivity contribution is 6.03. The van der Waals surface area contributed by atoms with Gasteiger partial charge in [0.1, 0.15) is 17.4 Å². The summed E-state index contributed by atoms with van der Waals surface area (Å²) in [5.74, 6) is -1.43. The van der Waals surface area contributed by atoms with Crippen LogP contribution in [-0.2, 0) is 19.1 Å². The number of ether oxygens (including phenoxy) is 2. The van der Waals surface area contributed by atoms with Gasteiger partial charge in [-0.05, 0) is 56.4 Å². The smallest absolute Gasteiger partial charge is 0.250 e. The first-order valence-electron chi connectivity index (χ1n) is 11.7. The molecular formula is C24H33N3O6. The molecule has 3 N–H and O–H groups in total. The van der Waals surface area contributed by atoms with Gasteiger partial charge in [0.25, 0.3) is 0 Å². The maximum Gasteiger partial charge on any atom is 0.250 e. The van der Waals surface area contributed by atoms with E-state index in [0.717, 1.165) is 0 Å². The van der Waals surface area contributed by atoms with Gasteiger partial charge in [0.15, 0.2) is 0 Å². The molecule has 3 saturated heterocycles. The molecule has 3 aliphatic rings. The van der Waals surface area contributed by atoms with Crippen LogP contribution in [0, 0.1) is 11.8 Å². The van der Waals surface area contributed by atoms with Gasteiger partial charge in [-0.25, -0.2) is 0 Å². The van der Waals surface area contributed by atoms with E-state index in [9.17, 15) is 19.5 Å². The van der Waals surface area contributed by atoms with E-state index in [0.29, 0.717) is 50.1 Å². The minimum Gasteiger partial charge on any atom is -0.497 e. The number of hydrogen-bond acceptors (Lipinski definition) is 6. The Bertz CT molecular complexity index is 921. The Morgan fingerprint density at radius 2 is 1.94 bits per heavy atom. The summed E-state index contributed by atoms with van der Waals surface area (Å²) in [6.07, 6.45) is 2.84. The zero-order valence-corrected chi connectivity index (χ0v) is 19.4. The lowest BCUT2D eigenvalue weighted by Gasteiger charge is -2.33. The average molecular weight is 460 g/mol. The van der Waals surface area contributed by atoms with E-state index in [4.69, 9.17) is 9.47 Å². The normalized spacial score (nSPS) is 32.1. The maximum atomic E-state index is 13.7. The standard InChI is InChI=1S/C24H33N3O6/c1-4-23-11-12-24(33-23)18(17(23)20(29)25-2)22(31)27(13-5-6-14-28)19(24)21(30)26-15-7-9-16(32-3)10-8-15/h7-10,17-19,28H,4-6,11-14H2,1-3H3,(H,25,29)(H,26,30)/t17-,18+,19?,23+,24?/m1/s1. The summed E-state index contributed by atoms with van der Waals surface area (Å²) in [6, 6.07) is 6.14. The summed E-state index contributed by atoms with van der Waals surface area (Å²) in [4.78, 5) is 41.9. The Kier molecular flexibility index (Phi) is 6.37. The molecule has 0 saturated carbocycles. The largest absolute Gasteiger partial charge is 0.497 e. The first kappa shape index (κ1) is 23.5. The van der Waals surface area contributed by atoms with Gasteiger partial charge < -0.3 is 30.1 Å². The number of rotatable bonds is 9. The van der Waals surface area contributed by atoms with Crippen LogP contribution >= 0.6 is 0 Å². The number of aliphatic hydroxyl groups is 1. The van der Waals surface area contributed by atoms with Crippen LogP contribution in [0.15, 0.2) is 24.3 Å². The minimum absolute atomic E-state index is 0.00955. The molecule has 9 nitrogen and oxygen atoms in total. The molecule has 1 aromatic carbocycles. The van der Waals surface area contributed by atoms with E-state index < -0.39 is 29.1 Å². The van der Waals surface area contributed by atoms with Gasteiger partial charge in [-0.15, -0.1) is 0 Å². The number of benzene rings is 1. The topological polar surface area (TPSA) is 117 Å². The number of nitrogens with one attached hydrogen (secondary N) is 2. The summed E-state index contributed by atoms with van der Waals surface area (Å²) >= 11 is 0. The monoisotopic (exact) mass is 459 g/mol. The summed E-state index contributed by atoms with van der Waals surface area (Å²) in [5.41, 5.74) is -1.19. The molecule has 9 heteroatoms. The molecule has 0 radical (unpaired) electrons. The number of carbonyl (C=O) groups is 3. The molecule has 1 spiro atoms. The highest BCUT2D eigenvalue weighted by Gasteiger charge is 2.78. The molecule has 180 valence electrons. The summed E-state index contributed by atoms with van der Waals surface area (Å²) in [6.45, 7) is 2.29. The lowest BCUT2D eigenvalue weighted by molar-refractivity contribution is -0.145. The van der Waals surface area contributed by atoms with Crippen molar-refractivity contribution in [3.05, 3.63) is 24.3 Å². The quantitative estimate of drug-likeness (QED) is 0.480. The van der Waals surface area contributed by atoms with Crippen molar-refractivity contribution in [1.82, 2.24) is 10.2 Å². The predicted octanol–water partition coefficient (Wildman–Crippen LogP) is 1.31. The summed E-state index contributed by atoms with van der Waals surface area (Å²) in [7, 11) is 3.14. The van der Waals surface area contributed by atoms with Crippen LogP contribution in [0.4, 0.5) is 5.69 Å². The van der Waals surface area contributed by atoms with Gasteiger partial charge in [0, 0.05) is 25.9 Å². The fourth-order valence-electron chi connectivity index (χ4n) is 6.09. The summed E-state index contributed by atoms with van der Waals surface area (Å²) < 4.78 is 11.8. The second kappa shape index (κ2) is 8.95. The third-order valence-electron chi connectivity index (χ3n) is 7.62. The highest BCUT2D eigenvalue weighted by Crippen LogP contribution is 2.64. The Labute approximate surface area is 193 Å². The van der Waals surface area contributed by atoms with E-state index in [1.165, 1.54) is 0 Å². The Balaban J connectivity index is 1.70. The van der Waals surface area contributed by atoms with Crippen molar-refractivity contribution in [2.75, 3.05) is 32.6 Å². The van der Waals surface area contributed by atoms with Crippen LogP contribution in [0.1, 0.15) is 39.0 Å². The molecule has 3 heterocycles. The van der Waals surface area contributed by atoms with Crippen LogP contribution in [0.2, 0.25) is 0 Å². The Morgan fingerprint density at radius 1 is 1.21 bits per heavy atom. The van der Waals surface area contributed by atoms with Crippen molar-refractivity contribution in [1.29, 1.82) is 0 Å². The second-order valence-corrected chi connectivity index (χ2v) is 9.13. The number of fused-ring (bicyclic) bond motifs is 1. The lowest BCUT2D eigenvalue weighted by atomic mass is 9.65. The molecule has 0 aliphatic carbocycles. The Hall–Kier alpha value is -2.65. The molecule has 3 aliphatic heterocycles. The molecule has 0 aromatic heterocycles. The van der Waals surface area contributed by atoms with Gasteiger partial charge in [-0.2, -0.15) is 0 Å². The number of nitrogens with zero attached hydrogens (tertiary/aromatic N) is 1. The molecule has 5 atom stereocenters. The van der Waals surface area contributed by atoms with E-state index in [1.807, 2.05) is 6.92 Å².